The van der Waals surface area contributed by atoms with E-state index in [1.54, 1.807) is 51.7 Å². The standard InChI is InChI=1S/C24H27N3O6/c1-16-5-8-21(22(13-16)32-4)33-15-23(28)25-11-12-27-24(29)10-7-19(26-27)18-14-17(30-2)6-9-20(18)31-3/h5-10,13-14H,11-12,15H2,1-4H3,(H,25,28). The lowest BCUT2D eigenvalue weighted by molar-refractivity contribution is -0.123. The zero-order valence-electron chi connectivity index (χ0n) is 19.1. The van der Waals surface area contributed by atoms with Crippen molar-refractivity contribution in [1.82, 2.24) is 15.1 Å². The van der Waals surface area contributed by atoms with Crippen LogP contribution in [0, 0.1) is 6.92 Å². The van der Waals surface area contributed by atoms with E-state index >= 15 is 0 Å². The Balaban J connectivity index is 1.62. The highest BCUT2D eigenvalue weighted by Gasteiger charge is 2.12. The number of carbonyl (C=O) groups is 1. The maximum Gasteiger partial charge on any atom is 0.266 e. The molecule has 0 fully saturated rings. The number of nitrogens with one attached hydrogen (secondary N) is 1. The fraction of sp³-hybridized carbons (Fsp3) is 0.292. The molecular weight excluding hydrogens is 426 g/mol. The number of nitrogens with zero attached hydrogens (tertiary/aromatic N) is 2. The predicted octanol–water partition coefficient (Wildman–Crippen LogP) is 2.44. The van der Waals surface area contributed by atoms with Crippen molar-refractivity contribution in [2.75, 3.05) is 34.5 Å². The highest BCUT2D eigenvalue weighted by atomic mass is 16.5. The van der Waals surface area contributed by atoms with Crippen molar-refractivity contribution in [2.24, 2.45) is 0 Å². The molecule has 0 atom stereocenters. The van der Waals surface area contributed by atoms with Crippen molar-refractivity contribution >= 4 is 5.91 Å². The monoisotopic (exact) mass is 453 g/mol. The minimum atomic E-state index is -0.323. The summed E-state index contributed by atoms with van der Waals surface area (Å²) in [5.74, 6) is 1.96. The smallest absolute Gasteiger partial charge is 0.266 e. The second kappa shape index (κ2) is 11.0. The molecule has 3 rings (SSSR count). The molecule has 0 bridgehead atoms. The molecule has 33 heavy (non-hydrogen) atoms. The van der Waals surface area contributed by atoms with Crippen LogP contribution < -0.4 is 29.8 Å². The molecule has 0 aliphatic heterocycles. The van der Waals surface area contributed by atoms with Gasteiger partial charge in [0.1, 0.15) is 11.5 Å². The maximum absolute atomic E-state index is 12.3. The summed E-state index contributed by atoms with van der Waals surface area (Å²) in [7, 11) is 4.67. The minimum absolute atomic E-state index is 0.178. The van der Waals surface area contributed by atoms with E-state index in [-0.39, 0.29) is 31.2 Å². The molecule has 1 N–H and O–H groups in total. The molecule has 174 valence electrons. The Morgan fingerprint density at radius 3 is 2.42 bits per heavy atom. The summed E-state index contributed by atoms with van der Waals surface area (Å²) in [4.78, 5) is 24.4. The Kier molecular flexibility index (Phi) is 7.91. The Morgan fingerprint density at radius 2 is 1.70 bits per heavy atom. The number of carbonyl (C=O) groups excluding carboxylic acids is 1. The second-order valence-electron chi connectivity index (χ2n) is 7.14. The lowest BCUT2D eigenvalue weighted by Gasteiger charge is -2.13. The quantitative estimate of drug-likeness (QED) is 0.503. The number of amides is 1. The summed E-state index contributed by atoms with van der Waals surface area (Å²) >= 11 is 0. The maximum atomic E-state index is 12.3. The molecule has 0 aliphatic rings. The Morgan fingerprint density at radius 1 is 0.939 bits per heavy atom. The highest BCUT2D eigenvalue weighted by Crippen LogP contribution is 2.31. The molecule has 0 unspecified atom stereocenters. The van der Waals surface area contributed by atoms with Crippen molar-refractivity contribution in [3.05, 3.63) is 64.4 Å². The first-order chi connectivity index (χ1) is 15.9. The topological polar surface area (TPSA) is 101 Å². The van der Waals surface area contributed by atoms with Crippen LogP contribution in [0.4, 0.5) is 0 Å². The molecule has 3 aromatic rings. The number of benzene rings is 2. The van der Waals surface area contributed by atoms with Crippen LogP contribution in [0.1, 0.15) is 5.56 Å². The molecule has 0 aliphatic carbocycles. The molecule has 1 amide bonds. The summed E-state index contributed by atoms with van der Waals surface area (Å²) < 4.78 is 22.8. The average Bonchev–Trinajstić information content (AvgIpc) is 2.83. The average molecular weight is 453 g/mol. The van der Waals surface area contributed by atoms with Gasteiger partial charge in [-0.15, -0.1) is 0 Å². The van der Waals surface area contributed by atoms with Gasteiger partial charge in [0.15, 0.2) is 18.1 Å². The second-order valence-corrected chi connectivity index (χ2v) is 7.14. The third-order valence-corrected chi connectivity index (χ3v) is 4.87. The number of methoxy groups -OCH3 is 3. The fourth-order valence-corrected chi connectivity index (χ4v) is 3.16. The zero-order chi connectivity index (χ0) is 23.8. The minimum Gasteiger partial charge on any atom is -0.497 e. The first-order valence-electron chi connectivity index (χ1n) is 10.3. The third kappa shape index (κ3) is 6.03. The highest BCUT2D eigenvalue weighted by molar-refractivity contribution is 5.77. The molecule has 0 saturated heterocycles. The largest absolute Gasteiger partial charge is 0.497 e. The van der Waals surface area contributed by atoms with E-state index < -0.39 is 0 Å². The first kappa shape index (κ1) is 23.6. The summed E-state index contributed by atoms with van der Waals surface area (Å²) in [6, 6.07) is 13.8. The van der Waals surface area contributed by atoms with Gasteiger partial charge in [0.05, 0.1) is 33.6 Å². The molecule has 0 saturated carbocycles. The van der Waals surface area contributed by atoms with E-state index in [0.717, 1.165) is 5.56 Å². The van der Waals surface area contributed by atoms with Gasteiger partial charge in [0, 0.05) is 18.2 Å². The van der Waals surface area contributed by atoms with E-state index in [4.69, 9.17) is 18.9 Å². The van der Waals surface area contributed by atoms with Gasteiger partial charge in [0.2, 0.25) is 0 Å². The number of hydrogen-bond donors (Lipinski definition) is 1. The van der Waals surface area contributed by atoms with Crippen LogP contribution >= 0.6 is 0 Å². The van der Waals surface area contributed by atoms with E-state index in [1.807, 2.05) is 19.1 Å². The van der Waals surface area contributed by atoms with Gasteiger partial charge in [-0.3, -0.25) is 9.59 Å². The number of rotatable bonds is 10. The predicted molar refractivity (Wildman–Crippen MR) is 123 cm³/mol. The van der Waals surface area contributed by atoms with Crippen LogP contribution in [-0.4, -0.2) is 50.2 Å². The summed E-state index contributed by atoms with van der Waals surface area (Å²) in [5.41, 5.74) is 1.98. The SMILES string of the molecule is COc1ccc(OC)c(-c2ccc(=O)n(CCNC(=O)COc3ccc(C)cc3OC)n2)c1. The Labute approximate surface area is 191 Å². The molecule has 0 radical (unpaired) electrons. The first-order valence-corrected chi connectivity index (χ1v) is 10.3. The van der Waals surface area contributed by atoms with Crippen LogP contribution in [-0.2, 0) is 11.3 Å². The number of hydrogen-bond acceptors (Lipinski definition) is 7. The summed E-state index contributed by atoms with van der Waals surface area (Å²) in [6.45, 7) is 2.16. The normalized spacial score (nSPS) is 10.4. The van der Waals surface area contributed by atoms with E-state index in [2.05, 4.69) is 10.4 Å². The molecule has 9 heteroatoms. The lowest BCUT2D eigenvalue weighted by Crippen LogP contribution is -2.34. The van der Waals surface area contributed by atoms with Crippen LogP contribution in [0.15, 0.2) is 53.3 Å². The fourth-order valence-electron chi connectivity index (χ4n) is 3.16. The third-order valence-electron chi connectivity index (χ3n) is 4.87. The van der Waals surface area contributed by atoms with Gasteiger partial charge in [-0.05, 0) is 48.9 Å². The summed E-state index contributed by atoms with van der Waals surface area (Å²) in [5, 5.41) is 7.15. The van der Waals surface area contributed by atoms with Crippen molar-refractivity contribution < 1.29 is 23.7 Å². The van der Waals surface area contributed by atoms with Crippen LogP contribution in [0.25, 0.3) is 11.3 Å². The van der Waals surface area contributed by atoms with E-state index in [1.165, 1.54) is 10.7 Å². The molecule has 1 aromatic heterocycles. The molecule has 2 aromatic carbocycles. The van der Waals surface area contributed by atoms with Crippen molar-refractivity contribution in [3.8, 4) is 34.3 Å². The Hall–Kier alpha value is -4.01. The van der Waals surface area contributed by atoms with E-state index in [0.29, 0.717) is 34.3 Å². The van der Waals surface area contributed by atoms with Gasteiger partial charge >= 0.3 is 0 Å². The van der Waals surface area contributed by atoms with Crippen LogP contribution in [0.3, 0.4) is 0 Å². The van der Waals surface area contributed by atoms with Crippen molar-refractivity contribution in [1.29, 1.82) is 0 Å². The number of ether oxygens (including phenoxy) is 4. The molecule has 9 nitrogen and oxygen atoms in total. The summed E-state index contributed by atoms with van der Waals surface area (Å²) in [6.07, 6.45) is 0. The van der Waals surface area contributed by atoms with Crippen LogP contribution in [0.2, 0.25) is 0 Å². The Bertz CT molecular complexity index is 1180. The van der Waals surface area contributed by atoms with Gasteiger partial charge in [-0.2, -0.15) is 5.10 Å². The molecule has 1 heterocycles. The zero-order valence-corrected chi connectivity index (χ0v) is 19.1. The van der Waals surface area contributed by atoms with E-state index in [9.17, 15) is 9.59 Å². The number of aromatic nitrogens is 2. The number of aryl methyl sites for hydroxylation is 1. The van der Waals surface area contributed by atoms with Crippen molar-refractivity contribution in [3.63, 3.8) is 0 Å². The molecule has 0 spiro atoms. The van der Waals surface area contributed by atoms with Gasteiger partial charge in [0.25, 0.3) is 11.5 Å². The van der Waals surface area contributed by atoms with Gasteiger partial charge in [-0.1, -0.05) is 6.07 Å². The lowest BCUT2D eigenvalue weighted by atomic mass is 10.1. The van der Waals surface area contributed by atoms with Gasteiger partial charge in [-0.25, -0.2) is 4.68 Å². The molecular formula is C24H27N3O6. The van der Waals surface area contributed by atoms with Crippen LogP contribution in [0.5, 0.6) is 23.0 Å². The van der Waals surface area contributed by atoms with Gasteiger partial charge < -0.3 is 24.3 Å². The van der Waals surface area contributed by atoms with Crippen molar-refractivity contribution in [2.45, 2.75) is 13.5 Å².